The summed E-state index contributed by atoms with van der Waals surface area (Å²) in [6, 6.07) is 11.3. The van der Waals surface area contributed by atoms with Crippen molar-refractivity contribution in [2.45, 2.75) is 70.1 Å². The molecule has 6 nitrogen and oxygen atoms in total. The largest absolute Gasteiger partial charge is 0.493 e. The Kier molecular flexibility index (Phi) is 8.41. The minimum Gasteiger partial charge on any atom is -0.493 e. The van der Waals surface area contributed by atoms with Crippen molar-refractivity contribution in [3.05, 3.63) is 53.1 Å². The molecule has 0 aliphatic heterocycles. The molecule has 2 aromatic rings. The van der Waals surface area contributed by atoms with Crippen molar-refractivity contribution in [3.63, 3.8) is 0 Å². The quantitative estimate of drug-likeness (QED) is 0.433. The van der Waals surface area contributed by atoms with Crippen molar-refractivity contribution in [2.24, 2.45) is 23.2 Å². The van der Waals surface area contributed by atoms with Gasteiger partial charge in [-0.05, 0) is 96.5 Å². The lowest BCUT2D eigenvalue weighted by molar-refractivity contribution is -0.133. The number of benzene rings is 2. The van der Waals surface area contributed by atoms with E-state index >= 15 is 8.78 Å². The van der Waals surface area contributed by atoms with Crippen LogP contribution in [0.1, 0.15) is 68.1 Å². The molecule has 0 aromatic heterocycles. The van der Waals surface area contributed by atoms with Crippen LogP contribution in [-0.4, -0.2) is 61.7 Å². The van der Waals surface area contributed by atoms with Gasteiger partial charge < -0.3 is 24.4 Å². The third kappa shape index (κ3) is 5.47. The standard InChI is InChI=1S/C32H42BF2NO5/c1-31-15-13-25-24-10-8-23(33(38)39)18-21(24)6-9-26(25)30(31)22(19-32(31,34)35)7-12-29(37)36(2)16-14-20-5-11-27(40-3)28(17-20)41-4/h5,8,10-11,17-18,22,25-26,30,38-39H,6-7,9,12-16,19H2,1-4H3/t22-,25?,26?,30?,31+/m1/s1. The van der Waals surface area contributed by atoms with Crippen molar-refractivity contribution in [1.82, 2.24) is 4.90 Å². The summed E-state index contributed by atoms with van der Waals surface area (Å²) in [5.74, 6) is -1.48. The number of hydrogen-bond acceptors (Lipinski definition) is 5. The normalized spacial score (nSPS) is 27.8. The molecule has 2 saturated carbocycles. The van der Waals surface area contributed by atoms with E-state index in [4.69, 9.17) is 9.47 Å². The number of rotatable bonds is 9. The number of likely N-dealkylation sites (N-methyl/N-ethyl adjacent to an activating group) is 1. The highest BCUT2D eigenvalue weighted by Crippen LogP contribution is 2.68. The third-order valence-corrected chi connectivity index (χ3v) is 10.5. The number of aryl methyl sites for hydroxylation is 1. The van der Waals surface area contributed by atoms with Crippen LogP contribution in [0.25, 0.3) is 0 Å². The predicted molar refractivity (Wildman–Crippen MR) is 155 cm³/mol. The molecule has 1 amide bonds. The number of amides is 1. The van der Waals surface area contributed by atoms with Gasteiger partial charge in [0.05, 0.1) is 14.2 Å². The van der Waals surface area contributed by atoms with Crippen LogP contribution in [0.5, 0.6) is 11.5 Å². The molecule has 0 bridgehead atoms. The van der Waals surface area contributed by atoms with Gasteiger partial charge in [-0.25, -0.2) is 8.78 Å². The number of carbonyl (C=O) groups is 1. The number of hydrogen-bond donors (Lipinski definition) is 2. The number of ether oxygens (including phenoxy) is 2. The Morgan fingerprint density at radius 2 is 1.85 bits per heavy atom. The van der Waals surface area contributed by atoms with Crippen molar-refractivity contribution in [2.75, 3.05) is 27.8 Å². The Morgan fingerprint density at radius 1 is 1.10 bits per heavy atom. The van der Waals surface area contributed by atoms with Crippen LogP contribution in [-0.2, 0) is 17.6 Å². The first-order chi connectivity index (χ1) is 19.5. The lowest BCUT2D eigenvalue weighted by atomic mass is 9.53. The lowest BCUT2D eigenvalue weighted by Gasteiger charge is -2.51. The van der Waals surface area contributed by atoms with E-state index in [9.17, 15) is 14.8 Å². The summed E-state index contributed by atoms with van der Waals surface area (Å²) in [6.07, 6.45) is 3.99. The van der Waals surface area contributed by atoms with E-state index in [-0.39, 0.29) is 42.4 Å². The van der Waals surface area contributed by atoms with Gasteiger partial charge in [0.25, 0.3) is 5.92 Å². The second-order valence-electron chi connectivity index (χ2n) is 12.6. The van der Waals surface area contributed by atoms with Gasteiger partial charge in [-0.3, -0.25) is 4.79 Å². The zero-order chi connectivity index (χ0) is 29.5. The summed E-state index contributed by atoms with van der Waals surface area (Å²) in [6.45, 7) is 2.31. The zero-order valence-corrected chi connectivity index (χ0v) is 24.5. The summed E-state index contributed by atoms with van der Waals surface area (Å²) < 4.78 is 42.0. The predicted octanol–water partition coefficient (Wildman–Crippen LogP) is 4.58. The van der Waals surface area contributed by atoms with Gasteiger partial charge in [-0.2, -0.15) is 0 Å². The van der Waals surface area contributed by atoms with E-state index < -0.39 is 18.5 Å². The second-order valence-corrected chi connectivity index (χ2v) is 12.6. The molecule has 3 unspecified atom stereocenters. The number of alkyl halides is 2. The minimum absolute atomic E-state index is 0.0150. The van der Waals surface area contributed by atoms with Gasteiger partial charge in [-0.15, -0.1) is 0 Å². The fourth-order valence-corrected chi connectivity index (χ4v) is 8.24. The first-order valence-electron chi connectivity index (χ1n) is 14.8. The molecular formula is C32H42BF2NO5. The van der Waals surface area contributed by atoms with E-state index in [2.05, 4.69) is 0 Å². The number of methoxy groups -OCH3 is 2. The molecule has 222 valence electrons. The summed E-state index contributed by atoms with van der Waals surface area (Å²) in [7, 11) is 3.45. The molecule has 5 atom stereocenters. The van der Waals surface area contributed by atoms with Crippen LogP contribution in [0.4, 0.5) is 8.78 Å². The molecule has 2 N–H and O–H groups in total. The second kappa shape index (κ2) is 11.6. The Labute approximate surface area is 242 Å². The fraction of sp³-hybridized carbons (Fsp3) is 0.594. The van der Waals surface area contributed by atoms with Gasteiger partial charge in [0.2, 0.25) is 5.91 Å². The molecule has 0 spiro atoms. The maximum Gasteiger partial charge on any atom is 0.488 e. The average molecular weight is 569 g/mol. The number of nitrogens with zero attached hydrogens (tertiary/aromatic N) is 1. The van der Waals surface area contributed by atoms with E-state index in [0.29, 0.717) is 49.2 Å². The molecule has 41 heavy (non-hydrogen) atoms. The molecule has 2 fully saturated rings. The maximum atomic E-state index is 15.6. The van der Waals surface area contributed by atoms with Crippen molar-refractivity contribution in [3.8, 4) is 11.5 Å². The SMILES string of the molecule is COc1ccc(CCN(C)C(=O)CC[C@@H]2CC(F)(F)[C@@]3(C)CCC4c5ccc(B(O)O)cc5CCC4C23)cc1OC. The molecular weight excluding hydrogens is 527 g/mol. The van der Waals surface area contributed by atoms with E-state index in [0.717, 1.165) is 24.0 Å². The minimum atomic E-state index is -2.75. The first-order valence-corrected chi connectivity index (χ1v) is 14.8. The molecule has 0 heterocycles. The first kappa shape index (κ1) is 29.8. The van der Waals surface area contributed by atoms with Gasteiger partial charge in [-0.1, -0.05) is 31.2 Å². The zero-order valence-electron chi connectivity index (χ0n) is 24.5. The summed E-state index contributed by atoms with van der Waals surface area (Å²) in [4.78, 5) is 14.8. The van der Waals surface area contributed by atoms with E-state index in [1.54, 1.807) is 39.2 Å². The molecule has 5 rings (SSSR count). The Balaban J connectivity index is 1.25. The highest BCUT2D eigenvalue weighted by molar-refractivity contribution is 6.58. The number of fused-ring (bicyclic) bond motifs is 5. The topological polar surface area (TPSA) is 79.2 Å². The van der Waals surface area contributed by atoms with Gasteiger partial charge in [0.15, 0.2) is 11.5 Å². The smallest absolute Gasteiger partial charge is 0.488 e. The Morgan fingerprint density at radius 3 is 2.56 bits per heavy atom. The van der Waals surface area contributed by atoms with Crippen LogP contribution in [0.2, 0.25) is 0 Å². The number of carbonyl (C=O) groups excluding carboxylic acids is 1. The molecule has 3 aliphatic carbocycles. The van der Waals surface area contributed by atoms with Crippen LogP contribution in [0, 0.1) is 23.2 Å². The van der Waals surface area contributed by atoms with Gasteiger partial charge in [0.1, 0.15) is 0 Å². The summed E-state index contributed by atoms with van der Waals surface area (Å²) in [5.41, 5.74) is 2.72. The highest BCUT2D eigenvalue weighted by atomic mass is 19.3. The van der Waals surface area contributed by atoms with Crippen LogP contribution in [0.15, 0.2) is 36.4 Å². The summed E-state index contributed by atoms with van der Waals surface area (Å²) >= 11 is 0. The van der Waals surface area contributed by atoms with E-state index in [1.807, 2.05) is 30.3 Å². The fourth-order valence-electron chi connectivity index (χ4n) is 8.24. The average Bonchev–Trinajstić information content (AvgIpc) is 3.18. The van der Waals surface area contributed by atoms with E-state index in [1.165, 1.54) is 5.56 Å². The van der Waals surface area contributed by atoms with Crippen molar-refractivity contribution in [1.29, 1.82) is 0 Å². The molecule has 0 radical (unpaired) electrons. The molecule has 2 aromatic carbocycles. The highest BCUT2D eigenvalue weighted by Gasteiger charge is 2.67. The van der Waals surface area contributed by atoms with Crippen molar-refractivity contribution < 1.29 is 33.1 Å². The Bertz CT molecular complexity index is 1270. The van der Waals surface area contributed by atoms with Gasteiger partial charge >= 0.3 is 7.12 Å². The monoisotopic (exact) mass is 569 g/mol. The molecule has 9 heteroatoms. The lowest BCUT2D eigenvalue weighted by Crippen LogP contribution is -2.48. The van der Waals surface area contributed by atoms with Crippen LogP contribution < -0.4 is 14.9 Å². The molecule has 3 aliphatic rings. The number of halogens is 2. The van der Waals surface area contributed by atoms with Gasteiger partial charge in [0, 0.05) is 31.8 Å². The van der Waals surface area contributed by atoms with Crippen molar-refractivity contribution >= 4 is 18.5 Å². The summed E-state index contributed by atoms with van der Waals surface area (Å²) in [5, 5.41) is 19.2. The third-order valence-electron chi connectivity index (χ3n) is 10.5. The van der Waals surface area contributed by atoms with Crippen LogP contribution >= 0.6 is 0 Å². The maximum absolute atomic E-state index is 15.6. The Hall–Kier alpha value is -2.65. The van der Waals surface area contributed by atoms with Crippen LogP contribution in [0.3, 0.4) is 0 Å². The molecule has 0 saturated heterocycles.